The molecule has 0 unspecified atom stereocenters. The normalized spacial score (nSPS) is 11.7. The van der Waals surface area contributed by atoms with Gasteiger partial charge in [0.2, 0.25) is 0 Å². The fourth-order valence-electron chi connectivity index (χ4n) is 6.28. The lowest BCUT2D eigenvalue weighted by atomic mass is 10.0. The highest BCUT2D eigenvalue weighted by molar-refractivity contribution is 7.27. The molecular formula is C39H24N2S2. The Kier molecular flexibility index (Phi) is 5.58. The van der Waals surface area contributed by atoms with Crippen LogP contribution >= 0.6 is 22.7 Å². The number of hydrogen-bond donors (Lipinski definition) is 0. The molecule has 4 heteroatoms. The van der Waals surface area contributed by atoms with E-state index in [4.69, 9.17) is 4.98 Å². The molecule has 202 valence electrons. The molecule has 0 bridgehead atoms. The Bertz CT molecular complexity index is 2450. The number of pyridine rings is 1. The molecule has 0 N–H and O–H groups in total. The van der Waals surface area contributed by atoms with Crippen molar-refractivity contribution < 1.29 is 0 Å². The van der Waals surface area contributed by atoms with Crippen LogP contribution < -0.4 is 4.90 Å². The summed E-state index contributed by atoms with van der Waals surface area (Å²) in [7, 11) is 0. The van der Waals surface area contributed by atoms with Gasteiger partial charge >= 0.3 is 0 Å². The average Bonchev–Trinajstić information content (AvgIpc) is 3.64. The van der Waals surface area contributed by atoms with E-state index >= 15 is 0 Å². The predicted octanol–water partition coefficient (Wildman–Crippen LogP) is 12.1. The molecule has 0 saturated carbocycles. The van der Waals surface area contributed by atoms with Crippen LogP contribution in [0.1, 0.15) is 0 Å². The first-order chi connectivity index (χ1) is 21.3. The molecule has 6 aromatic carbocycles. The number of fused-ring (bicyclic) bond motifs is 8. The minimum Gasteiger partial charge on any atom is -0.294 e. The fraction of sp³-hybridized carbons (Fsp3) is 0. The molecule has 9 rings (SSSR count). The van der Waals surface area contributed by atoms with Crippen molar-refractivity contribution in [2.24, 2.45) is 0 Å². The Morgan fingerprint density at radius 3 is 2.12 bits per heavy atom. The van der Waals surface area contributed by atoms with Crippen LogP contribution in [0.25, 0.3) is 62.2 Å². The zero-order valence-electron chi connectivity index (χ0n) is 23.1. The van der Waals surface area contributed by atoms with Gasteiger partial charge in [-0.05, 0) is 58.3 Å². The molecule has 0 atom stereocenters. The second-order valence-corrected chi connectivity index (χ2v) is 12.9. The molecule has 3 heterocycles. The minimum absolute atomic E-state index is 0.915. The number of nitrogens with zero attached hydrogens (tertiary/aromatic N) is 2. The summed E-state index contributed by atoms with van der Waals surface area (Å²) >= 11 is 3.70. The van der Waals surface area contributed by atoms with E-state index in [-0.39, 0.29) is 0 Å². The standard InChI is InChI=1S/C39H24N2S2/c1-2-9-25(10-3-1)26-17-20-28(21-18-26)41(33-14-8-16-35-38(33)31-13-6-7-15-34(31)42-35)37-23-36-32(24-40-37)30-22-19-27-11-4-5-12-29(27)39(30)43-36/h1-24H. The molecule has 0 aliphatic heterocycles. The third-order valence-corrected chi connectivity index (χ3v) is 10.7. The lowest BCUT2D eigenvalue weighted by Crippen LogP contribution is -2.11. The van der Waals surface area contributed by atoms with Crippen LogP contribution in [-0.2, 0) is 0 Å². The molecule has 43 heavy (non-hydrogen) atoms. The fourth-order valence-corrected chi connectivity index (χ4v) is 8.65. The Hall–Kier alpha value is -5.03. The van der Waals surface area contributed by atoms with E-state index in [1.54, 1.807) is 0 Å². The zero-order valence-corrected chi connectivity index (χ0v) is 24.7. The van der Waals surface area contributed by atoms with E-state index in [0.29, 0.717) is 0 Å². The van der Waals surface area contributed by atoms with Gasteiger partial charge in [0, 0.05) is 52.2 Å². The summed E-state index contributed by atoms with van der Waals surface area (Å²) in [5.74, 6) is 0.915. The molecule has 0 amide bonds. The number of hydrogen-bond acceptors (Lipinski definition) is 4. The molecule has 2 nitrogen and oxygen atoms in total. The highest BCUT2D eigenvalue weighted by Gasteiger charge is 2.20. The van der Waals surface area contributed by atoms with E-state index < -0.39 is 0 Å². The molecule has 0 fully saturated rings. The number of anilines is 3. The van der Waals surface area contributed by atoms with E-state index in [1.165, 1.54) is 62.2 Å². The van der Waals surface area contributed by atoms with Crippen molar-refractivity contribution >= 4 is 91.0 Å². The molecule has 0 spiro atoms. The first kappa shape index (κ1) is 24.6. The maximum atomic E-state index is 5.15. The zero-order chi connectivity index (χ0) is 28.3. The summed E-state index contributed by atoms with van der Waals surface area (Å²) in [5.41, 5.74) is 4.63. The van der Waals surface area contributed by atoms with Gasteiger partial charge in [-0.3, -0.25) is 4.90 Å². The SMILES string of the molecule is c1ccc(-c2ccc(N(c3cc4sc5c6ccccc6ccc5c4cn3)c3cccc4sc5ccccc5c34)cc2)cc1. The molecule has 0 saturated heterocycles. The van der Waals surface area contributed by atoms with Crippen molar-refractivity contribution in [3.63, 3.8) is 0 Å². The van der Waals surface area contributed by atoms with Crippen LogP contribution in [0.3, 0.4) is 0 Å². The summed E-state index contributed by atoms with van der Waals surface area (Å²) in [6, 6.07) is 50.2. The lowest BCUT2D eigenvalue weighted by Gasteiger charge is -2.25. The van der Waals surface area contributed by atoms with Gasteiger partial charge in [0.15, 0.2) is 0 Å². The van der Waals surface area contributed by atoms with E-state index in [2.05, 4.69) is 151 Å². The van der Waals surface area contributed by atoms with Crippen LogP contribution in [0.2, 0.25) is 0 Å². The van der Waals surface area contributed by atoms with Gasteiger partial charge in [0.25, 0.3) is 0 Å². The maximum Gasteiger partial charge on any atom is 0.138 e. The highest BCUT2D eigenvalue weighted by atomic mass is 32.1. The van der Waals surface area contributed by atoms with Gasteiger partial charge in [-0.25, -0.2) is 4.98 Å². The molecule has 3 aromatic heterocycles. The number of aromatic nitrogens is 1. The topological polar surface area (TPSA) is 16.1 Å². The van der Waals surface area contributed by atoms with Crippen LogP contribution in [0.4, 0.5) is 17.2 Å². The number of rotatable bonds is 4. The Morgan fingerprint density at radius 1 is 0.488 bits per heavy atom. The first-order valence-electron chi connectivity index (χ1n) is 14.4. The van der Waals surface area contributed by atoms with E-state index in [0.717, 1.165) is 17.2 Å². The van der Waals surface area contributed by atoms with Crippen LogP contribution in [0, 0.1) is 0 Å². The molecule has 0 aliphatic rings. The predicted molar refractivity (Wildman–Crippen MR) is 188 cm³/mol. The van der Waals surface area contributed by atoms with Crippen molar-refractivity contribution in [3.05, 3.63) is 146 Å². The first-order valence-corrected chi connectivity index (χ1v) is 16.0. The smallest absolute Gasteiger partial charge is 0.138 e. The number of thiophene rings is 2. The summed E-state index contributed by atoms with van der Waals surface area (Å²) in [6.45, 7) is 0. The summed E-state index contributed by atoms with van der Waals surface area (Å²) in [5, 5.41) is 7.57. The third kappa shape index (κ3) is 3.95. The molecule has 0 aliphatic carbocycles. The monoisotopic (exact) mass is 584 g/mol. The third-order valence-electron chi connectivity index (χ3n) is 8.32. The Morgan fingerprint density at radius 2 is 1.23 bits per heavy atom. The summed E-state index contributed by atoms with van der Waals surface area (Å²) in [6.07, 6.45) is 2.06. The molecule has 0 radical (unpaired) electrons. The second kappa shape index (κ2) is 9.77. The van der Waals surface area contributed by atoms with Gasteiger partial charge in [0.05, 0.1) is 5.69 Å². The van der Waals surface area contributed by atoms with Gasteiger partial charge in [-0.2, -0.15) is 0 Å². The van der Waals surface area contributed by atoms with Crippen molar-refractivity contribution in [3.8, 4) is 11.1 Å². The lowest BCUT2D eigenvalue weighted by molar-refractivity contribution is 1.20. The molecule has 9 aromatic rings. The Balaban J connectivity index is 1.28. The summed E-state index contributed by atoms with van der Waals surface area (Å²) in [4.78, 5) is 7.48. The van der Waals surface area contributed by atoms with Crippen molar-refractivity contribution in [2.75, 3.05) is 4.90 Å². The largest absolute Gasteiger partial charge is 0.294 e. The van der Waals surface area contributed by atoms with Crippen LogP contribution in [-0.4, -0.2) is 4.98 Å². The Labute approximate surface area is 256 Å². The van der Waals surface area contributed by atoms with Gasteiger partial charge < -0.3 is 0 Å². The maximum absolute atomic E-state index is 5.15. The summed E-state index contributed by atoms with van der Waals surface area (Å²) < 4.78 is 5.13. The molecular weight excluding hydrogens is 561 g/mol. The average molecular weight is 585 g/mol. The van der Waals surface area contributed by atoms with Gasteiger partial charge in [-0.15, -0.1) is 22.7 Å². The van der Waals surface area contributed by atoms with Crippen molar-refractivity contribution in [1.29, 1.82) is 0 Å². The van der Waals surface area contributed by atoms with Crippen molar-refractivity contribution in [2.45, 2.75) is 0 Å². The van der Waals surface area contributed by atoms with Gasteiger partial charge in [0.1, 0.15) is 5.82 Å². The van der Waals surface area contributed by atoms with Crippen LogP contribution in [0.5, 0.6) is 0 Å². The van der Waals surface area contributed by atoms with E-state index in [1.807, 2.05) is 22.7 Å². The number of benzene rings is 6. The second-order valence-electron chi connectivity index (χ2n) is 10.8. The quantitative estimate of drug-likeness (QED) is 0.205. The van der Waals surface area contributed by atoms with E-state index in [9.17, 15) is 0 Å². The van der Waals surface area contributed by atoms with Gasteiger partial charge in [-0.1, -0.05) is 103 Å². The van der Waals surface area contributed by atoms with Crippen molar-refractivity contribution in [1.82, 2.24) is 4.98 Å². The minimum atomic E-state index is 0.915. The van der Waals surface area contributed by atoms with Crippen LogP contribution in [0.15, 0.2) is 146 Å². The highest BCUT2D eigenvalue weighted by Crippen LogP contribution is 2.46.